The molecule has 0 aliphatic carbocycles. The summed E-state index contributed by atoms with van der Waals surface area (Å²) in [6.07, 6.45) is 2.03. The third-order valence-corrected chi connectivity index (χ3v) is 4.73. The SMILES string of the molecule is Cc1nn(Cc2ccccc2)c(Cl)c1/C=C/C(=O)N1CCOC(C(=O)O)C1. The molecule has 1 fully saturated rings. The average molecular weight is 390 g/mol. The summed E-state index contributed by atoms with van der Waals surface area (Å²) in [5.74, 6) is -1.35. The first-order chi connectivity index (χ1) is 13.0. The Balaban J connectivity index is 1.71. The lowest BCUT2D eigenvalue weighted by Crippen LogP contribution is -2.48. The zero-order valence-electron chi connectivity index (χ0n) is 14.8. The van der Waals surface area contributed by atoms with Crippen LogP contribution in [0.4, 0.5) is 0 Å². The first-order valence-electron chi connectivity index (χ1n) is 8.54. The van der Waals surface area contributed by atoms with Gasteiger partial charge >= 0.3 is 5.97 Å². The van der Waals surface area contributed by atoms with Crippen molar-refractivity contribution in [2.24, 2.45) is 0 Å². The second kappa shape index (κ2) is 8.37. The summed E-state index contributed by atoms with van der Waals surface area (Å²) in [7, 11) is 0. The number of benzene rings is 1. The van der Waals surface area contributed by atoms with E-state index in [1.54, 1.807) is 10.8 Å². The van der Waals surface area contributed by atoms with E-state index in [-0.39, 0.29) is 19.1 Å². The topological polar surface area (TPSA) is 84.7 Å². The number of nitrogens with zero attached hydrogens (tertiary/aromatic N) is 3. The van der Waals surface area contributed by atoms with Crippen molar-refractivity contribution in [2.75, 3.05) is 19.7 Å². The van der Waals surface area contributed by atoms with Crippen molar-refractivity contribution < 1.29 is 19.4 Å². The second-order valence-electron chi connectivity index (χ2n) is 6.25. The van der Waals surface area contributed by atoms with Gasteiger partial charge in [-0.25, -0.2) is 9.48 Å². The molecule has 1 unspecified atom stereocenters. The Morgan fingerprint density at radius 2 is 2.11 bits per heavy atom. The molecule has 1 aromatic carbocycles. The van der Waals surface area contributed by atoms with E-state index >= 15 is 0 Å². The molecule has 27 heavy (non-hydrogen) atoms. The molecular weight excluding hydrogens is 370 g/mol. The van der Waals surface area contributed by atoms with Crippen molar-refractivity contribution >= 4 is 29.6 Å². The Morgan fingerprint density at radius 3 is 2.81 bits per heavy atom. The van der Waals surface area contributed by atoms with Crippen molar-refractivity contribution in [2.45, 2.75) is 19.6 Å². The van der Waals surface area contributed by atoms with Gasteiger partial charge in [0.15, 0.2) is 6.10 Å². The molecule has 142 valence electrons. The van der Waals surface area contributed by atoms with Crippen LogP contribution in [0.3, 0.4) is 0 Å². The van der Waals surface area contributed by atoms with Gasteiger partial charge in [-0.05, 0) is 18.6 Å². The van der Waals surface area contributed by atoms with E-state index in [0.29, 0.717) is 29.5 Å². The number of hydrogen-bond donors (Lipinski definition) is 1. The van der Waals surface area contributed by atoms with Gasteiger partial charge in [-0.2, -0.15) is 5.10 Å². The number of ether oxygens (including phenoxy) is 1. The van der Waals surface area contributed by atoms with Gasteiger partial charge in [0.1, 0.15) is 5.15 Å². The summed E-state index contributed by atoms with van der Waals surface area (Å²) < 4.78 is 6.81. The number of carbonyl (C=O) groups excluding carboxylic acids is 1. The predicted molar refractivity (Wildman–Crippen MR) is 101 cm³/mol. The Labute approximate surface area is 161 Å². The number of halogens is 1. The number of aliphatic carboxylic acids is 1. The molecule has 0 radical (unpaired) electrons. The van der Waals surface area contributed by atoms with Crippen LogP contribution in [0.2, 0.25) is 5.15 Å². The van der Waals surface area contributed by atoms with E-state index in [1.807, 2.05) is 37.3 Å². The van der Waals surface area contributed by atoms with Crippen molar-refractivity contribution in [3.05, 3.63) is 58.4 Å². The zero-order valence-corrected chi connectivity index (χ0v) is 15.6. The van der Waals surface area contributed by atoms with E-state index in [9.17, 15) is 9.59 Å². The maximum atomic E-state index is 12.4. The van der Waals surface area contributed by atoms with E-state index in [0.717, 1.165) is 5.56 Å². The molecule has 3 rings (SSSR count). The molecule has 1 atom stereocenters. The van der Waals surface area contributed by atoms with Crippen LogP contribution in [0, 0.1) is 6.92 Å². The first kappa shape index (κ1) is 19.1. The van der Waals surface area contributed by atoms with Crippen LogP contribution in [0.1, 0.15) is 16.8 Å². The molecule has 1 aliphatic heterocycles. The molecule has 1 aliphatic rings. The predicted octanol–water partition coefficient (Wildman–Crippen LogP) is 2.22. The van der Waals surface area contributed by atoms with Crippen LogP contribution < -0.4 is 0 Å². The van der Waals surface area contributed by atoms with Gasteiger partial charge in [0.05, 0.1) is 25.4 Å². The van der Waals surface area contributed by atoms with Gasteiger partial charge in [-0.15, -0.1) is 0 Å². The number of morpholine rings is 1. The molecule has 8 heteroatoms. The fourth-order valence-electron chi connectivity index (χ4n) is 2.88. The first-order valence-corrected chi connectivity index (χ1v) is 8.91. The standard InChI is InChI=1S/C19H20ClN3O4/c1-13-15(18(20)23(21-13)11-14-5-3-2-4-6-14)7-8-17(24)22-9-10-27-16(12-22)19(25)26/h2-8,16H,9-12H2,1H3,(H,25,26)/b8-7+. The average Bonchev–Trinajstić information content (AvgIpc) is 2.93. The summed E-state index contributed by atoms with van der Waals surface area (Å²) in [5, 5.41) is 13.9. The molecule has 0 saturated carbocycles. The summed E-state index contributed by atoms with van der Waals surface area (Å²) in [4.78, 5) is 24.9. The quantitative estimate of drug-likeness (QED) is 0.792. The fourth-order valence-corrected chi connectivity index (χ4v) is 3.17. The number of carboxylic acids is 1. The second-order valence-corrected chi connectivity index (χ2v) is 6.61. The molecule has 2 heterocycles. The van der Waals surface area contributed by atoms with Crippen molar-refractivity contribution in [3.63, 3.8) is 0 Å². The summed E-state index contributed by atoms with van der Waals surface area (Å²) in [6.45, 7) is 2.94. The Morgan fingerprint density at radius 1 is 1.37 bits per heavy atom. The molecular formula is C19H20ClN3O4. The third kappa shape index (κ3) is 4.56. The highest BCUT2D eigenvalue weighted by Gasteiger charge is 2.28. The van der Waals surface area contributed by atoms with Crippen LogP contribution in [-0.4, -0.2) is 57.5 Å². The smallest absolute Gasteiger partial charge is 0.334 e. The van der Waals surface area contributed by atoms with Gasteiger partial charge in [0, 0.05) is 18.2 Å². The Kier molecular flexibility index (Phi) is 5.93. The van der Waals surface area contributed by atoms with E-state index < -0.39 is 12.1 Å². The van der Waals surface area contributed by atoms with E-state index in [1.165, 1.54) is 11.0 Å². The van der Waals surface area contributed by atoms with Gasteiger partial charge in [-0.3, -0.25) is 4.79 Å². The number of aromatic nitrogens is 2. The minimum atomic E-state index is -1.07. The highest BCUT2D eigenvalue weighted by molar-refractivity contribution is 6.31. The lowest BCUT2D eigenvalue weighted by molar-refractivity contribution is -0.158. The van der Waals surface area contributed by atoms with Crippen LogP contribution in [0.5, 0.6) is 0 Å². The number of carbonyl (C=O) groups is 2. The van der Waals surface area contributed by atoms with Crippen molar-refractivity contribution in [1.29, 1.82) is 0 Å². The Bertz CT molecular complexity index is 863. The van der Waals surface area contributed by atoms with Gasteiger partial charge < -0.3 is 14.7 Å². The lowest BCUT2D eigenvalue weighted by Gasteiger charge is -2.30. The minimum absolute atomic E-state index is 0.0263. The van der Waals surface area contributed by atoms with Crippen LogP contribution >= 0.6 is 11.6 Å². The molecule has 1 amide bonds. The molecule has 7 nitrogen and oxygen atoms in total. The summed E-state index contributed by atoms with van der Waals surface area (Å²) in [6, 6.07) is 9.82. The van der Waals surface area contributed by atoms with Gasteiger partial charge in [0.25, 0.3) is 0 Å². The lowest BCUT2D eigenvalue weighted by atomic mass is 10.2. The van der Waals surface area contributed by atoms with Crippen molar-refractivity contribution in [3.8, 4) is 0 Å². The van der Waals surface area contributed by atoms with E-state index in [2.05, 4.69) is 5.10 Å². The third-order valence-electron chi connectivity index (χ3n) is 4.33. The Hall–Kier alpha value is -2.64. The molecule has 1 saturated heterocycles. The number of hydrogen-bond acceptors (Lipinski definition) is 4. The maximum absolute atomic E-state index is 12.4. The summed E-state index contributed by atoms with van der Waals surface area (Å²) in [5.41, 5.74) is 2.45. The number of aryl methyl sites for hydroxylation is 1. The highest BCUT2D eigenvalue weighted by atomic mass is 35.5. The van der Waals surface area contributed by atoms with Gasteiger partial charge in [-0.1, -0.05) is 41.9 Å². The molecule has 1 aromatic heterocycles. The van der Waals surface area contributed by atoms with Crippen LogP contribution in [0.15, 0.2) is 36.4 Å². The number of amides is 1. The van der Waals surface area contributed by atoms with E-state index in [4.69, 9.17) is 21.4 Å². The molecule has 0 bridgehead atoms. The van der Waals surface area contributed by atoms with Crippen molar-refractivity contribution in [1.82, 2.24) is 14.7 Å². The number of carboxylic acid groups (broad SMARTS) is 1. The molecule has 2 aromatic rings. The van der Waals surface area contributed by atoms with Crippen LogP contribution in [-0.2, 0) is 20.9 Å². The largest absolute Gasteiger partial charge is 0.479 e. The fraction of sp³-hybridized carbons (Fsp3) is 0.316. The zero-order chi connectivity index (χ0) is 19.4. The number of rotatable bonds is 5. The monoisotopic (exact) mass is 389 g/mol. The highest BCUT2D eigenvalue weighted by Crippen LogP contribution is 2.22. The molecule has 1 N–H and O–H groups in total. The summed E-state index contributed by atoms with van der Waals surface area (Å²) >= 11 is 6.44. The minimum Gasteiger partial charge on any atom is -0.479 e. The van der Waals surface area contributed by atoms with Gasteiger partial charge in [0.2, 0.25) is 5.91 Å². The van der Waals surface area contributed by atoms with Crippen LogP contribution in [0.25, 0.3) is 6.08 Å². The molecule has 0 spiro atoms. The normalized spacial score (nSPS) is 17.4. The maximum Gasteiger partial charge on any atom is 0.334 e.